The molecule has 0 unspecified atom stereocenters. The molecule has 1 heterocycles. The number of thiazole rings is 1. The van der Waals surface area contributed by atoms with Crippen LogP contribution >= 0.6 is 33.9 Å². The number of hydrogen-bond acceptors (Lipinski definition) is 5. The molecule has 26 heavy (non-hydrogen) atoms. The maximum Gasteiger partial charge on any atom is 0.261 e. The minimum absolute atomic E-state index is 0.126. The number of halogens is 1. The second-order valence-corrected chi connectivity index (χ2v) is 8.51. The van der Waals surface area contributed by atoms with Crippen molar-refractivity contribution < 1.29 is 8.42 Å². The largest absolute Gasteiger partial charge is 0.353 e. The van der Waals surface area contributed by atoms with Crippen LogP contribution in [0.4, 0.5) is 10.8 Å². The van der Waals surface area contributed by atoms with Crippen LogP contribution < -0.4 is 10.0 Å². The Bertz CT molecular complexity index is 1070. The Morgan fingerprint density at radius 3 is 2.77 bits per heavy atom. The Balaban J connectivity index is 1.87. The van der Waals surface area contributed by atoms with Crippen molar-refractivity contribution in [2.75, 3.05) is 14.6 Å². The van der Waals surface area contributed by atoms with E-state index in [2.05, 4.69) is 43.5 Å². The van der Waals surface area contributed by atoms with E-state index < -0.39 is 10.0 Å². The van der Waals surface area contributed by atoms with Crippen molar-refractivity contribution in [3.63, 3.8) is 0 Å². The number of rotatable bonds is 6. The van der Waals surface area contributed by atoms with Gasteiger partial charge in [-0.25, -0.2) is 13.4 Å². The van der Waals surface area contributed by atoms with Crippen LogP contribution in [0.2, 0.25) is 0 Å². The summed E-state index contributed by atoms with van der Waals surface area (Å²) in [6.45, 7) is 0. The lowest BCUT2D eigenvalue weighted by Gasteiger charge is -2.09. The predicted molar refractivity (Wildman–Crippen MR) is 115 cm³/mol. The molecule has 3 aromatic rings. The van der Waals surface area contributed by atoms with Crippen molar-refractivity contribution in [3.05, 3.63) is 59.5 Å². The van der Waals surface area contributed by atoms with Crippen molar-refractivity contribution in [2.45, 2.75) is 4.90 Å². The Morgan fingerprint density at radius 2 is 2.00 bits per heavy atom. The fourth-order valence-electron chi connectivity index (χ4n) is 2.25. The molecule has 132 valence electrons. The molecule has 0 radical (unpaired) electrons. The smallest absolute Gasteiger partial charge is 0.261 e. The van der Waals surface area contributed by atoms with Gasteiger partial charge in [-0.05, 0) is 30.3 Å². The van der Waals surface area contributed by atoms with Gasteiger partial charge in [-0.3, -0.25) is 4.72 Å². The zero-order valence-electron chi connectivity index (χ0n) is 13.4. The molecule has 0 amide bonds. The minimum atomic E-state index is -3.72. The summed E-state index contributed by atoms with van der Waals surface area (Å²) in [4.78, 5) is 4.62. The third kappa shape index (κ3) is 4.35. The van der Waals surface area contributed by atoms with E-state index in [1.165, 1.54) is 23.5 Å². The number of nitrogens with one attached hydrogen (secondary N) is 2. The molecule has 0 atom stereocenters. The van der Waals surface area contributed by atoms with E-state index in [1.54, 1.807) is 30.3 Å². The van der Waals surface area contributed by atoms with Gasteiger partial charge in [0.05, 0.1) is 15.1 Å². The van der Waals surface area contributed by atoms with Gasteiger partial charge in [0.1, 0.15) is 0 Å². The first-order valence-corrected chi connectivity index (χ1v) is 11.4. The standard InChI is InChI=1S/C18H14IN3O2S2/c1-2-13-5-3-8-16(9-13)26(23,24)22-15-7-4-6-14(10-15)17-11-25-18(21-17)20-12-19/h1,3-11,22H,12H2,(H,20,21). The number of hydrogen-bond donors (Lipinski definition) is 2. The average molecular weight is 495 g/mol. The zero-order chi connectivity index (χ0) is 18.6. The molecule has 3 rings (SSSR count). The summed E-state index contributed by atoms with van der Waals surface area (Å²) in [5.41, 5.74) is 2.60. The molecule has 0 saturated carbocycles. The Morgan fingerprint density at radius 1 is 1.19 bits per heavy atom. The first kappa shape index (κ1) is 18.7. The van der Waals surface area contributed by atoms with Gasteiger partial charge in [0.15, 0.2) is 5.13 Å². The summed E-state index contributed by atoms with van der Waals surface area (Å²) in [5.74, 6) is 2.44. The van der Waals surface area contributed by atoms with Crippen LogP contribution in [0.3, 0.4) is 0 Å². The average Bonchev–Trinajstić information content (AvgIpc) is 3.11. The number of alkyl halides is 1. The van der Waals surface area contributed by atoms with Gasteiger partial charge in [0, 0.05) is 22.2 Å². The van der Waals surface area contributed by atoms with Gasteiger partial charge in [-0.15, -0.1) is 17.8 Å². The molecule has 0 spiro atoms. The summed E-state index contributed by atoms with van der Waals surface area (Å²) in [5, 5.41) is 5.90. The molecular weight excluding hydrogens is 481 g/mol. The predicted octanol–water partition coefficient (Wildman–Crippen LogP) is 4.40. The lowest BCUT2D eigenvalue weighted by atomic mass is 10.1. The van der Waals surface area contributed by atoms with Crippen molar-refractivity contribution in [2.24, 2.45) is 0 Å². The third-order valence-corrected chi connectivity index (χ3v) is 6.00. The molecule has 8 heteroatoms. The highest BCUT2D eigenvalue weighted by Crippen LogP contribution is 2.27. The van der Waals surface area contributed by atoms with E-state index in [9.17, 15) is 8.42 Å². The maximum atomic E-state index is 12.6. The molecule has 0 bridgehead atoms. The van der Waals surface area contributed by atoms with E-state index in [0.29, 0.717) is 11.3 Å². The number of terminal acetylenes is 1. The Labute approximate surface area is 170 Å². The highest BCUT2D eigenvalue weighted by Gasteiger charge is 2.15. The van der Waals surface area contributed by atoms with Crippen LogP contribution in [-0.4, -0.2) is 18.0 Å². The van der Waals surface area contributed by atoms with Gasteiger partial charge >= 0.3 is 0 Å². The van der Waals surface area contributed by atoms with Gasteiger partial charge in [-0.2, -0.15) is 0 Å². The van der Waals surface area contributed by atoms with Gasteiger partial charge < -0.3 is 5.32 Å². The quantitative estimate of drug-likeness (QED) is 0.230. The molecule has 5 nitrogen and oxygen atoms in total. The maximum absolute atomic E-state index is 12.6. The zero-order valence-corrected chi connectivity index (χ0v) is 17.2. The monoisotopic (exact) mass is 495 g/mol. The summed E-state index contributed by atoms with van der Waals surface area (Å²) >= 11 is 3.72. The van der Waals surface area contributed by atoms with Crippen molar-refractivity contribution in [1.82, 2.24) is 4.98 Å². The summed E-state index contributed by atoms with van der Waals surface area (Å²) in [6.07, 6.45) is 5.35. The minimum Gasteiger partial charge on any atom is -0.353 e. The third-order valence-electron chi connectivity index (χ3n) is 3.44. The number of sulfonamides is 1. The number of nitrogens with zero attached hydrogens (tertiary/aromatic N) is 1. The highest BCUT2D eigenvalue weighted by atomic mass is 127. The van der Waals surface area contributed by atoms with Crippen molar-refractivity contribution >= 4 is 54.8 Å². The first-order valence-electron chi connectivity index (χ1n) is 7.47. The normalized spacial score (nSPS) is 10.9. The summed E-state index contributed by atoms with van der Waals surface area (Å²) in [7, 11) is -3.72. The second kappa shape index (κ2) is 8.07. The summed E-state index contributed by atoms with van der Waals surface area (Å²) < 4.78 is 28.6. The molecule has 0 aliphatic heterocycles. The van der Waals surface area contributed by atoms with Crippen LogP contribution in [0.1, 0.15) is 5.56 Å². The number of anilines is 2. The van der Waals surface area contributed by atoms with E-state index in [1.807, 2.05) is 11.4 Å². The van der Waals surface area contributed by atoms with E-state index in [-0.39, 0.29) is 4.90 Å². The van der Waals surface area contributed by atoms with E-state index in [0.717, 1.165) is 20.9 Å². The molecule has 0 fully saturated rings. The van der Waals surface area contributed by atoms with Crippen LogP contribution in [0.25, 0.3) is 11.3 Å². The SMILES string of the molecule is C#Cc1cccc(S(=O)(=O)Nc2cccc(-c3csc(NCI)n3)c2)c1. The summed E-state index contributed by atoms with van der Waals surface area (Å²) in [6, 6.07) is 13.4. The van der Waals surface area contributed by atoms with Crippen LogP contribution in [-0.2, 0) is 10.0 Å². The first-order chi connectivity index (χ1) is 12.5. The Hall–Kier alpha value is -2.09. The Kier molecular flexibility index (Phi) is 5.80. The highest BCUT2D eigenvalue weighted by molar-refractivity contribution is 14.1. The fraction of sp³-hybridized carbons (Fsp3) is 0.0556. The van der Waals surface area contributed by atoms with E-state index in [4.69, 9.17) is 6.42 Å². The topological polar surface area (TPSA) is 71.1 Å². The van der Waals surface area contributed by atoms with Crippen LogP contribution in [0.15, 0.2) is 58.8 Å². The molecule has 0 aliphatic rings. The lowest BCUT2D eigenvalue weighted by molar-refractivity contribution is 0.601. The number of aromatic nitrogens is 1. The van der Waals surface area contributed by atoms with Crippen LogP contribution in [0.5, 0.6) is 0 Å². The van der Waals surface area contributed by atoms with Gasteiger partial charge in [0.2, 0.25) is 0 Å². The molecule has 2 N–H and O–H groups in total. The lowest BCUT2D eigenvalue weighted by Crippen LogP contribution is -2.13. The molecular formula is C18H14IN3O2S2. The molecule has 0 saturated heterocycles. The van der Waals surface area contributed by atoms with Gasteiger partial charge in [0.25, 0.3) is 10.0 Å². The van der Waals surface area contributed by atoms with Gasteiger partial charge in [-0.1, -0.05) is 46.7 Å². The van der Waals surface area contributed by atoms with Crippen LogP contribution in [0, 0.1) is 12.3 Å². The molecule has 2 aromatic carbocycles. The second-order valence-electron chi connectivity index (χ2n) is 5.21. The number of benzene rings is 2. The molecule has 0 aliphatic carbocycles. The molecule has 1 aromatic heterocycles. The van der Waals surface area contributed by atoms with Crippen molar-refractivity contribution in [3.8, 4) is 23.6 Å². The fourth-order valence-corrected chi connectivity index (χ4v) is 4.69. The van der Waals surface area contributed by atoms with Crippen molar-refractivity contribution in [1.29, 1.82) is 0 Å². The van der Waals surface area contributed by atoms with E-state index >= 15 is 0 Å².